The second-order valence-electron chi connectivity index (χ2n) is 4.92. The molecule has 0 fully saturated rings. The molecule has 0 atom stereocenters. The zero-order chi connectivity index (χ0) is 16.6. The van der Waals surface area contributed by atoms with Crippen molar-refractivity contribution in [1.82, 2.24) is 4.98 Å². The van der Waals surface area contributed by atoms with Crippen LogP contribution in [0.5, 0.6) is 5.75 Å². The number of ether oxygens (including phenoxy) is 1. The second-order valence-corrected chi connectivity index (χ2v) is 6.98. The van der Waals surface area contributed by atoms with E-state index in [4.69, 9.17) is 27.9 Å². The number of esters is 1. The molecule has 3 aromatic rings. The van der Waals surface area contributed by atoms with Crippen molar-refractivity contribution >= 4 is 62.7 Å². The van der Waals surface area contributed by atoms with Crippen LogP contribution in [0.2, 0.25) is 10.0 Å². The number of pyridine rings is 1. The third-order valence-electron chi connectivity index (χ3n) is 3.23. The van der Waals surface area contributed by atoms with Crippen LogP contribution in [-0.4, -0.2) is 11.0 Å². The topological polar surface area (TPSA) is 39.2 Å². The van der Waals surface area contributed by atoms with Gasteiger partial charge < -0.3 is 4.74 Å². The molecular formula is C17H10Cl2INO2. The van der Waals surface area contributed by atoms with Gasteiger partial charge in [0.25, 0.3) is 0 Å². The first-order chi connectivity index (χ1) is 11.0. The average Bonchev–Trinajstić information content (AvgIpc) is 2.51. The number of rotatable bonds is 2. The van der Waals surface area contributed by atoms with Crippen molar-refractivity contribution < 1.29 is 9.53 Å². The van der Waals surface area contributed by atoms with Crippen molar-refractivity contribution in [3.8, 4) is 5.75 Å². The molecule has 1 heterocycles. The van der Waals surface area contributed by atoms with Gasteiger partial charge in [0, 0.05) is 14.7 Å². The minimum Gasteiger partial charge on any atom is -0.419 e. The number of aryl methyl sites for hydroxylation is 1. The SMILES string of the molecule is Cc1ccc2c(Cl)cc(Cl)c(OC(=O)c3cccc(I)c3)c2n1. The van der Waals surface area contributed by atoms with Gasteiger partial charge in [-0.05, 0) is 65.9 Å². The van der Waals surface area contributed by atoms with E-state index in [1.807, 2.05) is 25.1 Å². The van der Waals surface area contributed by atoms with E-state index in [-0.39, 0.29) is 10.8 Å². The number of halogens is 3. The Morgan fingerprint density at radius 1 is 1.13 bits per heavy atom. The first kappa shape index (κ1) is 16.5. The fourth-order valence-corrected chi connectivity index (χ4v) is 3.25. The molecule has 23 heavy (non-hydrogen) atoms. The van der Waals surface area contributed by atoms with Crippen LogP contribution in [0.4, 0.5) is 0 Å². The zero-order valence-electron chi connectivity index (χ0n) is 11.9. The normalized spacial score (nSPS) is 10.8. The molecule has 0 amide bonds. The Bertz CT molecular complexity index is 928. The average molecular weight is 458 g/mol. The summed E-state index contributed by atoms with van der Waals surface area (Å²) in [5, 5.41) is 1.40. The molecular weight excluding hydrogens is 448 g/mol. The van der Waals surface area contributed by atoms with Crippen molar-refractivity contribution in [2.45, 2.75) is 6.92 Å². The lowest BCUT2D eigenvalue weighted by Gasteiger charge is -2.11. The Morgan fingerprint density at radius 2 is 1.91 bits per heavy atom. The summed E-state index contributed by atoms with van der Waals surface area (Å²) in [4.78, 5) is 16.8. The van der Waals surface area contributed by atoms with Gasteiger partial charge in [0.05, 0.1) is 15.6 Å². The largest absolute Gasteiger partial charge is 0.419 e. The van der Waals surface area contributed by atoms with Crippen molar-refractivity contribution in [1.29, 1.82) is 0 Å². The lowest BCUT2D eigenvalue weighted by atomic mass is 10.2. The summed E-state index contributed by atoms with van der Waals surface area (Å²) in [5.74, 6) is -0.268. The predicted octanol–water partition coefficient (Wildman–Crippen LogP) is 5.67. The van der Waals surface area contributed by atoms with Crippen LogP contribution in [0.15, 0.2) is 42.5 Å². The summed E-state index contributed by atoms with van der Waals surface area (Å²) in [6.07, 6.45) is 0. The van der Waals surface area contributed by atoms with Crippen LogP contribution < -0.4 is 4.74 Å². The van der Waals surface area contributed by atoms with Crippen molar-refractivity contribution in [2.24, 2.45) is 0 Å². The number of nitrogens with zero attached hydrogens (tertiary/aromatic N) is 1. The fraction of sp³-hybridized carbons (Fsp3) is 0.0588. The highest BCUT2D eigenvalue weighted by Gasteiger charge is 2.17. The van der Waals surface area contributed by atoms with Crippen LogP contribution in [0.25, 0.3) is 10.9 Å². The van der Waals surface area contributed by atoms with Gasteiger partial charge in [-0.15, -0.1) is 0 Å². The molecule has 6 heteroatoms. The van der Waals surface area contributed by atoms with Gasteiger partial charge in [0.15, 0.2) is 5.75 Å². The number of benzene rings is 2. The highest BCUT2D eigenvalue weighted by atomic mass is 127. The maximum atomic E-state index is 12.4. The molecule has 0 aliphatic heterocycles. The second kappa shape index (κ2) is 6.63. The molecule has 0 aliphatic rings. The van der Waals surface area contributed by atoms with E-state index in [1.165, 1.54) is 0 Å². The number of fused-ring (bicyclic) bond motifs is 1. The van der Waals surface area contributed by atoms with E-state index in [0.29, 0.717) is 21.5 Å². The van der Waals surface area contributed by atoms with Gasteiger partial charge in [0.1, 0.15) is 5.52 Å². The number of aromatic nitrogens is 1. The molecule has 0 bridgehead atoms. The van der Waals surface area contributed by atoms with Gasteiger partial charge >= 0.3 is 5.97 Å². The van der Waals surface area contributed by atoms with Crippen molar-refractivity contribution in [3.63, 3.8) is 0 Å². The highest BCUT2D eigenvalue weighted by Crippen LogP contribution is 2.37. The van der Waals surface area contributed by atoms with Crippen LogP contribution in [0.1, 0.15) is 16.1 Å². The van der Waals surface area contributed by atoms with Crippen molar-refractivity contribution in [2.75, 3.05) is 0 Å². The summed E-state index contributed by atoms with van der Waals surface area (Å²) in [5.41, 5.74) is 1.70. The van der Waals surface area contributed by atoms with Crippen LogP contribution in [0.3, 0.4) is 0 Å². The van der Waals surface area contributed by atoms with E-state index in [9.17, 15) is 4.79 Å². The Hall–Kier alpha value is -1.37. The lowest BCUT2D eigenvalue weighted by molar-refractivity contribution is 0.0737. The minimum absolute atomic E-state index is 0.221. The minimum atomic E-state index is -0.489. The number of carbonyl (C=O) groups is 1. The van der Waals surface area contributed by atoms with Crippen molar-refractivity contribution in [3.05, 3.63) is 67.3 Å². The van der Waals surface area contributed by atoms with Crippen LogP contribution in [-0.2, 0) is 0 Å². The molecule has 0 aliphatic carbocycles. The Morgan fingerprint density at radius 3 is 2.65 bits per heavy atom. The maximum absolute atomic E-state index is 12.4. The molecule has 0 saturated carbocycles. The number of hydrogen-bond acceptors (Lipinski definition) is 3. The predicted molar refractivity (Wildman–Crippen MR) is 101 cm³/mol. The summed E-state index contributed by atoms with van der Waals surface area (Å²) in [6, 6.07) is 12.4. The Kier molecular flexibility index (Phi) is 4.75. The molecule has 1 aromatic heterocycles. The standard InChI is InChI=1S/C17H10Cl2INO2/c1-9-5-6-12-13(18)8-14(19)16(15(12)21-9)23-17(22)10-3-2-4-11(20)7-10/h2-8H,1H3. The first-order valence-corrected chi connectivity index (χ1v) is 8.52. The van der Waals surface area contributed by atoms with Gasteiger partial charge in [-0.1, -0.05) is 29.3 Å². The van der Waals surface area contributed by atoms with E-state index in [2.05, 4.69) is 27.6 Å². The summed E-state index contributed by atoms with van der Waals surface area (Å²) >= 11 is 14.6. The van der Waals surface area contributed by atoms with E-state index in [1.54, 1.807) is 24.3 Å². The van der Waals surface area contributed by atoms with E-state index < -0.39 is 5.97 Å². The molecule has 0 radical (unpaired) electrons. The Balaban J connectivity index is 2.09. The summed E-state index contributed by atoms with van der Waals surface area (Å²) < 4.78 is 6.46. The molecule has 0 spiro atoms. The highest BCUT2D eigenvalue weighted by molar-refractivity contribution is 14.1. The fourth-order valence-electron chi connectivity index (χ4n) is 2.15. The number of carbonyl (C=O) groups excluding carboxylic acids is 1. The summed E-state index contributed by atoms with van der Waals surface area (Å²) in [7, 11) is 0. The molecule has 0 unspecified atom stereocenters. The first-order valence-electron chi connectivity index (χ1n) is 6.69. The van der Waals surface area contributed by atoms with Crippen LogP contribution >= 0.6 is 45.8 Å². The molecule has 116 valence electrons. The molecule has 3 nitrogen and oxygen atoms in total. The lowest BCUT2D eigenvalue weighted by Crippen LogP contribution is -2.09. The third-order valence-corrected chi connectivity index (χ3v) is 4.50. The zero-order valence-corrected chi connectivity index (χ0v) is 15.6. The van der Waals surface area contributed by atoms with Gasteiger partial charge in [-0.25, -0.2) is 9.78 Å². The van der Waals surface area contributed by atoms with Gasteiger partial charge in [-0.2, -0.15) is 0 Å². The van der Waals surface area contributed by atoms with E-state index >= 15 is 0 Å². The quantitative estimate of drug-likeness (QED) is 0.282. The smallest absolute Gasteiger partial charge is 0.343 e. The van der Waals surface area contributed by atoms with Gasteiger partial charge in [0.2, 0.25) is 0 Å². The number of hydrogen-bond donors (Lipinski definition) is 0. The molecule has 0 saturated heterocycles. The molecule has 0 N–H and O–H groups in total. The third kappa shape index (κ3) is 3.44. The van der Waals surface area contributed by atoms with E-state index in [0.717, 1.165) is 9.26 Å². The summed E-state index contributed by atoms with van der Waals surface area (Å²) in [6.45, 7) is 1.85. The van der Waals surface area contributed by atoms with Crippen LogP contribution in [0, 0.1) is 10.5 Å². The monoisotopic (exact) mass is 457 g/mol. The van der Waals surface area contributed by atoms with Gasteiger partial charge in [-0.3, -0.25) is 0 Å². The molecule has 2 aromatic carbocycles. The molecule has 3 rings (SSSR count). The maximum Gasteiger partial charge on any atom is 0.343 e. The Labute approximate surface area is 156 Å².